The van der Waals surface area contributed by atoms with Crippen LogP contribution < -0.4 is 5.32 Å². The molecule has 0 radical (unpaired) electrons. The van der Waals surface area contributed by atoms with Crippen molar-refractivity contribution in [1.29, 1.82) is 0 Å². The fourth-order valence-electron chi connectivity index (χ4n) is 2.06. The summed E-state index contributed by atoms with van der Waals surface area (Å²) in [5, 5.41) is 4.90. The van der Waals surface area contributed by atoms with Gasteiger partial charge >= 0.3 is 0 Å². The van der Waals surface area contributed by atoms with E-state index in [9.17, 15) is 8.42 Å². The molecule has 2 heterocycles. The van der Waals surface area contributed by atoms with Crippen molar-refractivity contribution in [1.82, 2.24) is 13.7 Å². The summed E-state index contributed by atoms with van der Waals surface area (Å²) in [6.07, 6.45) is 1.73. The van der Waals surface area contributed by atoms with Crippen molar-refractivity contribution in [3.05, 3.63) is 11.6 Å². The zero-order valence-corrected chi connectivity index (χ0v) is 14.8. The Morgan fingerprint density at radius 3 is 2.57 bits per heavy atom. The second kappa shape index (κ2) is 5.26. The van der Waals surface area contributed by atoms with E-state index >= 15 is 0 Å². The number of nitrogens with zero attached hydrogens (tertiary/aromatic N) is 3. The first kappa shape index (κ1) is 16.3. The van der Waals surface area contributed by atoms with Crippen LogP contribution in [0.15, 0.2) is 16.6 Å². The Hall–Kier alpha value is -1.12. The van der Waals surface area contributed by atoms with E-state index in [1.54, 1.807) is 24.7 Å². The standard InChI is InChI=1S/C13H22N4O2S2/c1-9(13(2,3)4)16(6)21(18,19)11-10(14-5)15-12-17(11)7-8-20-12/h7-9,14H,1-6H3. The van der Waals surface area contributed by atoms with E-state index in [1.807, 2.05) is 33.1 Å². The van der Waals surface area contributed by atoms with E-state index in [1.165, 1.54) is 15.6 Å². The number of anilines is 1. The molecule has 1 atom stereocenters. The minimum Gasteiger partial charge on any atom is -0.371 e. The molecule has 2 rings (SSSR count). The third-order valence-corrected chi connectivity index (χ3v) is 6.59. The van der Waals surface area contributed by atoms with Crippen LogP contribution in [0, 0.1) is 5.41 Å². The molecule has 0 saturated carbocycles. The minimum absolute atomic E-state index is 0.142. The molecule has 1 unspecified atom stereocenters. The number of imidazole rings is 1. The van der Waals surface area contributed by atoms with Crippen LogP contribution in [-0.2, 0) is 10.0 Å². The zero-order valence-electron chi connectivity index (χ0n) is 13.2. The van der Waals surface area contributed by atoms with Gasteiger partial charge in [0.15, 0.2) is 15.8 Å². The van der Waals surface area contributed by atoms with Gasteiger partial charge in [-0.05, 0) is 12.3 Å². The fourth-order valence-corrected chi connectivity index (χ4v) is 4.63. The molecule has 2 aromatic rings. The SMILES string of the molecule is CNc1nc2sccn2c1S(=O)(=O)N(C)C(C)C(C)(C)C. The highest BCUT2D eigenvalue weighted by Crippen LogP contribution is 2.32. The van der Waals surface area contributed by atoms with Crippen molar-refractivity contribution in [2.24, 2.45) is 5.41 Å². The van der Waals surface area contributed by atoms with Crippen molar-refractivity contribution in [3.63, 3.8) is 0 Å². The van der Waals surface area contributed by atoms with Crippen LogP contribution in [0.25, 0.3) is 4.96 Å². The maximum Gasteiger partial charge on any atom is 0.262 e. The smallest absolute Gasteiger partial charge is 0.262 e. The molecule has 2 aromatic heterocycles. The molecule has 0 aliphatic carbocycles. The van der Waals surface area contributed by atoms with Gasteiger partial charge < -0.3 is 5.32 Å². The van der Waals surface area contributed by atoms with Gasteiger partial charge in [-0.2, -0.15) is 4.31 Å². The molecule has 0 amide bonds. The summed E-state index contributed by atoms with van der Waals surface area (Å²) >= 11 is 1.41. The normalized spacial score (nSPS) is 14.8. The quantitative estimate of drug-likeness (QED) is 0.935. The van der Waals surface area contributed by atoms with Crippen molar-refractivity contribution >= 4 is 32.1 Å². The van der Waals surface area contributed by atoms with Gasteiger partial charge in [0.1, 0.15) is 0 Å². The van der Waals surface area contributed by atoms with E-state index in [4.69, 9.17) is 0 Å². The molecule has 0 aliphatic rings. The highest BCUT2D eigenvalue weighted by atomic mass is 32.2. The third kappa shape index (κ3) is 2.67. The molecule has 0 aliphatic heterocycles. The number of hydrogen-bond acceptors (Lipinski definition) is 5. The molecule has 1 N–H and O–H groups in total. The Morgan fingerprint density at radius 2 is 2.05 bits per heavy atom. The average Bonchev–Trinajstić information content (AvgIpc) is 2.94. The van der Waals surface area contributed by atoms with Crippen LogP contribution in [-0.4, -0.2) is 42.2 Å². The number of aromatic nitrogens is 2. The van der Waals surface area contributed by atoms with Crippen LogP contribution in [0.4, 0.5) is 5.82 Å². The minimum atomic E-state index is -3.64. The molecule has 0 bridgehead atoms. The summed E-state index contributed by atoms with van der Waals surface area (Å²) in [6, 6.07) is -0.142. The Kier molecular flexibility index (Phi) is 4.07. The number of fused-ring (bicyclic) bond motifs is 1. The summed E-state index contributed by atoms with van der Waals surface area (Å²) in [6.45, 7) is 8.00. The molecule has 21 heavy (non-hydrogen) atoms. The molecule has 0 fully saturated rings. The van der Waals surface area contributed by atoms with Gasteiger partial charge in [-0.1, -0.05) is 20.8 Å². The van der Waals surface area contributed by atoms with Gasteiger partial charge in [-0.25, -0.2) is 13.4 Å². The largest absolute Gasteiger partial charge is 0.371 e. The molecular weight excluding hydrogens is 308 g/mol. The van der Waals surface area contributed by atoms with E-state index in [-0.39, 0.29) is 16.5 Å². The number of thiazole rings is 1. The zero-order chi connectivity index (χ0) is 16.0. The second-order valence-corrected chi connectivity index (χ2v) is 8.92. The van der Waals surface area contributed by atoms with E-state index in [0.29, 0.717) is 10.8 Å². The maximum absolute atomic E-state index is 13.0. The lowest BCUT2D eigenvalue weighted by Crippen LogP contribution is -2.43. The monoisotopic (exact) mass is 330 g/mol. The van der Waals surface area contributed by atoms with E-state index in [2.05, 4.69) is 10.3 Å². The molecule has 8 heteroatoms. The first-order valence-corrected chi connectivity index (χ1v) is 9.04. The third-order valence-electron chi connectivity index (χ3n) is 3.88. The number of sulfonamides is 1. The second-order valence-electron chi connectivity index (χ2n) is 6.13. The van der Waals surface area contributed by atoms with Crippen molar-refractivity contribution in [2.75, 3.05) is 19.4 Å². The van der Waals surface area contributed by atoms with E-state index < -0.39 is 10.0 Å². The number of hydrogen-bond donors (Lipinski definition) is 1. The van der Waals surface area contributed by atoms with Gasteiger partial charge in [-0.15, -0.1) is 11.3 Å². The molecule has 0 saturated heterocycles. The number of nitrogens with one attached hydrogen (secondary N) is 1. The van der Waals surface area contributed by atoms with Gasteiger partial charge in [0.05, 0.1) is 0 Å². The lowest BCUT2D eigenvalue weighted by molar-refractivity contribution is 0.216. The average molecular weight is 330 g/mol. The van der Waals surface area contributed by atoms with Crippen molar-refractivity contribution in [2.45, 2.75) is 38.8 Å². The van der Waals surface area contributed by atoms with Crippen LogP contribution in [0.3, 0.4) is 0 Å². The predicted molar refractivity (Wildman–Crippen MR) is 86.5 cm³/mol. The molecule has 0 spiro atoms. The van der Waals surface area contributed by atoms with Crippen LogP contribution >= 0.6 is 11.3 Å². The predicted octanol–water partition coefficient (Wildman–Crippen LogP) is 2.49. The Bertz CT molecular complexity index is 740. The fraction of sp³-hybridized carbons (Fsp3) is 0.615. The van der Waals surface area contributed by atoms with Crippen molar-refractivity contribution < 1.29 is 8.42 Å². The Morgan fingerprint density at radius 1 is 1.43 bits per heavy atom. The summed E-state index contributed by atoms with van der Waals surface area (Å²) in [5.74, 6) is 0.384. The van der Waals surface area contributed by atoms with Crippen LogP contribution in [0.2, 0.25) is 0 Å². The molecule has 6 nitrogen and oxygen atoms in total. The topological polar surface area (TPSA) is 66.7 Å². The van der Waals surface area contributed by atoms with Gasteiger partial charge in [0.2, 0.25) is 0 Å². The summed E-state index contributed by atoms with van der Waals surface area (Å²) in [4.78, 5) is 4.99. The van der Waals surface area contributed by atoms with Gasteiger partial charge in [-0.3, -0.25) is 4.40 Å². The lowest BCUT2D eigenvalue weighted by Gasteiger charge is -2.34. The van der Waals surface area contributed by atoms with Gasteiger partial charge in [0.25, 0.3) is 10.0 Å². The molecule has 118 valence electrons. The first-order valence-electron chi connectivity index (χ1n) is 6.72. The van der Waals surface area contributed by atoms with E-state index in [0.717, 1.165) is 0 Å². The first-order chi connectivity index (χ1) is 9.60. The maximum atomic E-state index is 13.0. The molecule has 0 aromatic carbocycles. The summed E-state index contributed by atoms with van der Waals surface area (Å²) in [7, 11) is -0.339. The Balaban J connectivity index is 2.58. The lowest BCUT2D eigenvalue weighted by atomic mass is 9.88. The highest BCUT2D eigenvalue weighted by molar-refractivity contribution is 7.89. The van der Waals surface area contributed by atoms with Crippen LogP contribution in [0.5, 0.6) is 0 Å². The van der Waals surface area contributed by atoms with Crippen molar-refractivity contribution in [3.8, 4) is 0 Å². The Labute approximate surface area is 129 Å². The summed E-state index contributed by atoms with van der Waals surface area (Å²) < 4.78 is 29.1. The highest BCUT2D eigenvalue weighted by Gasteiger charge is 2.36. The van der Waals surface area contributed by atoms with Gasteiger partial charge in [0, 0.05) is 31.7 Å². The summed E-state index contributed by atoms with van der Waals surface area (Å²) in [5.41, 5.74) is -0.153. The van der Waals surface area contributed by atoms with Crippen LogP contribution in [0.1, 0.15) is 27.7 Å². The molecular formula is C13H22N4O2S2. The number of rotatable bonds is 4.